The molecule has 2 N–H and O–H groups in total. The third kappa shape index (κ3) is 1.67. The Balaban J connectivity index is 0.000000461. The van der Waals surface area contributed by atoms with Gasteiger partial charge in [0.1, 0.15) is 0 Å². The molecule has 1 heterocycles. The quantitative estimate of drug-likeness (QED) is 0.648. The summed E-state index contributed by atoms with van der Waals surface area (Å²) in [4.78, 5) is 3.25. The van der Waals surface area contributed by atoms with Crippen LogP contribution < -0.4 is 5.73 Å². The second kappa shape index (κ2) is 4.28. The molecule has 1 aromatic carbocycles. The Morgan fingerprint density at radius 1 is 1.43 bits per heavy atom. The summed E-state index contributed by atoms with van der Waals surface area (Å²) in [5, 5.41) is 4.32. The van der Waals surface area contributed by atoms with Crippen LogP contribution >= 0.6 is 0 Å². The van der Waals surface area contributed by atoms with Crippen LogP contribution in [0, 0.1) is 6.57 Å². The summed E-state index contributed by atoms with van der Waals surface area (Å²) < 4.78 is 4.87. The molecule has 0 aliphatic rings. The maximum absolute atomic E-state index is 6.76. The topological polar surface area (TPSA) is 56.4 Å². The number of anilines is 1. The lowest BCUT2D eigenvalue weighted by atomic mass is 10.2. The average molecular weight is 189 g/mol. The van der Waals surface area contributed by atoms with E-state index in [4.69, 9.17) is 16.8 Å². The first-order valence-corrected chi connectivity index (χ1v) is 4.33. The number of nitrogens with two attached hydrogens (primary N) is 1. The summed E-state index contributed by atoms with van der Waals surface area (Å²) in [7, 11) is 0. The molecule has 4 heteroatoms. The van der Waals surface area contributed by atoms with E-state index < -0.39 is 0 Å². The largest absolute Gasteiger partial charge is 0.380 e. The van der Waals surface area contributed by atoms with E-state index in [1.165, 1.54) is 0 Å². The van der Waals surface area contributed by atoms with Crippen LogP contribution in [-0.4, -0.2) is 5.16 Å². The highest BCUT2D eigenvalue weighted by atomic mass is 16.5. The number of aromatic nitrogens is 1. The number of fused-ring (bicyclic) bond motifs is 1. The SMILES string of the molecule is CC.[C-]#[N+]c1ccc2c(N)noc2c1. The minimum atomic E-state index is 0.363. The maximum atomic E-state index is 6.76. The number of nitrogens with zero attached hydrogens (tertiary/aromatic N) is 2. The van der Waals surface area contributed by atoms with Crippen molar-refractivity contribution in [3.8, 4) is 0 Å². The lowest BCUT2D eigenvalue weighted by Crippen LogP contribution is -1.82. The molecule has 0 atom stereocenters. The van der Waals surface area contributed by atoms with E-state index in [-0.39, 0.29) is 0 Å². The number of nitrogen functional groups attached to an aromatic ring is 1. The van der Waals surface area contributed by atoms with Crippen LogP contribution in [0.1, 0.15) is 13.8 Å². The van der Waals surface area contributed by atoms with E-state index in [9.17, 15) is 0 Å². The van der Waals surface area contributed by atoms with Crippen molar-refractivity contribution >= 4 is 22.5 Å². The molecule has 2 rings (SSSR count). The monoisotopic (exact) mass is 189 g/mol. The third-order valence-electron chi connectivity index (χ3n) is 1.61. The predicted molar refractivity (Wildman–Crippen MR) is 56.0 cm³/mol. The fourth-order valence-electron chi connectivity index (χ4n) is 1.02. The minimum Gasteiger partial charge on any atom is -0.380 e. The van der Waals surface area contributed by atoms with Gasteiger partial charge in [0.25, 0.3) is 0 Å². The van der Waals surface area contributed by atoms with E-state index in [1.807, 2.05) is 13.8 Å². The summed E-state index contributed by atoms with van der Waals surface area (Å²) in [6.07, 6.45) is 0. The molecule has 0 saturated carbocycles. The summed E-state index contributed by atoms with van der Waals surface area (Å²) in [5.41, 5.74) is 6.57. The molecule has 0 radical (unpaired) electrons. The van der Waals surface area contributed by atoms with Gasteiger partial charge in [0.05, 0.1) is 12.0 Å². The first kappa shape index (κ1) is 10.1. The standard InChI is InChI=1S/C8H5N3O.C2H6/c1-10-5-2-3-6-7(4-5)12-11-8(6)9;1-2/h2-4H,(H2,9,11);1-2H3. The zero-order valence-corrected chi connectivity index (χ0v) is 8.11. The Morgan fingerprint density at radius 3 is 2.79 bits per heavy atom. The van der Waals surface area contributed by atoms with Gasteiger partial charge in [-0.2, -0.15) is 0 Å². The number of hydrogen-bond donors (Lipinski definition) is 1. The van der Waals surface area contributed by atoms with Gasteiger partial charge in [0, 0.05) is 0 Å². The molecule has 0 aliphatic heterocycles. The zero-order chi connectivity index (χ0) is 10.6. The van der Waals surface area contributed by atoms with Crippen LogP contribution in [-0.2, 0) is 0 Å². The van der Waals surface area contributed by atoms with E-state index in [2.05, 4.69) is 10.0 Å². The van der Waals surface area contributed by atoms with Crippen molar-refractivity contribution in [1.82, 2.24) is 5.16 Å². The second-order valence-corrected chi connectivity index (χ2v) is 2.36. The second-order valence-electron chi connectivity index (χ2n) is 2.36. The summed E-state index contributed by atoms with van der Waals surface area (Å²) >= 11 is 0. The van der Waals surface area contributed by atoms with Crippen LogP contribution in [0.25, 0.3) is 15.8 Å². The van der Waals surface area contributed by atoms with Gasteiger partial charge < -0.3 is 10.3 Å². The van der Waals surface area contributed by atoms with Gasteiger partial charge in [-0.25, -0.2) is 4.85 Å². The van der Waals surface area contributed by atoms with Crippen LogP contribution in [0.4, 0.5) is 11.5 Å². The number of rotatable bonds is 0. The third-order valence-corrected chi connectivity index (χ3v) is 1.61. The maximum Gasteiger partial charge on any atom is 0.191 e. The van der Waals surface area contributed by atoms with Crippen LogP contribution in [0.3, 0.4) is 0 Å². The van der Waals surface area contributed by atoms with Gasteiger partial charge >= 0.3 is 0 Å². The molecule has 14 heavy (non-hydrogen) atoms. The molecule has 2 aromatic rings. The fourth-order valence-corrected chi connectivity index (χ4v) is 1.02. The van der Waals surface area contributed by atoms with Crippen molar-refractivity contribution in [3.63, 3.8) is 0 Å². The average Bonchev–Trinajstić information content (AvgIpc) is 2.63. The molecule has 0 bridgehead atoms. The molecule has 72 valence electrons. The Bertz CT molecular complexity index is 468. The van der Waals surface area contributed by atoms with Crippen LogP contribution in [0.15, 0.2) is 22.7 Å². The Labute approximate surface area is 82.1 Å². The van der Waals surface area contributed by atoms with Crippen molar-refractivity contribution in [2.45, 2.75) is 13.8 Å². The molecule has 4 nitrogen and oxygen atoms in total. The van der Waals surface area contributed by atoms with E-state index >= 15 is 0 Å². The normalized spacial score (nSPS) is 8.93. The minimum absolute atomic E-state index is 0.363. The van der Waals surface area contributed by atoms with Crippen molar-refractivity contribution in [2.24, 2.45) is 0 Å². The molecule has 0 spiro atoms. The van der Waals surface area contributed by atoms with Crippen molar-refractivity contribution in [1.29, 1.82) is 0 Å². The summed E-state index contributed by atoms with van der Waals surface area (Å²) in [6.45, 7) is 10.8. The summed E-state index contributed by atoms with van der Waals surface area (Å²) in [5.74, 6) is 0.363. The van der Waals surface area contributed by atoms with E-state index in [1.54, 1.807) is 18.2 Å². The molecule has 0 unspecified atom stereocenters. The first-order chi connectivity index (χ1) is 6.81. The van der Waals surface area contributed by atoms with Gasteiger partial charge in [0.2, 0.25) is 0 Å². The van der Waals surface area contributed by atoms with Gasteiger partial charge in [-0.1, -0.05) is 31.1 Å². The van der Waals surface area contributed by atoms with Gasteiger partial charge in [0.15, 0.2) is 17.1 Å². The number of benzene rings is 1. The zero-order valence-electron chi connectivity index (χ0n) is 8.11. The Kier molecular flexibility index (Phi) is 3.08. The number of hydrogen-bond acceptors (Lipinski definition) is 3. The van der Waals surface area contributed by atoms with Gasteiger partial charge in [-0.15, -0.1) is 0 Å². The lowest BCUT2D eigenvalue weighted by Gasteiger charge is -1.87. The van der Waals surface area contributed by atoms with Crippen molar-refractivity contribution < 1.29 is 4.52 Å². The molecular formula is C10H11N3O. The van der Waals surface area contributed by atoms with Crippen LogP contribution in [0.5, 0.6) is 0 Å². The molecule has 0 saturated heterocycles. The summed E-state index contributed by atoms with van der Waals surface area (Å²) in [6, 6.07) is 5.03. The van der Waals surface area contributed by atoms with Crippen molar-refractivity contribution in [3.05, 3.63) is 29.6 Å². The Morgan fingerprint density at radius 2 is 2.14 bits per heavy atom. The van der Waals surface area contributed by atoms with Crippen LogP contribution in [0.2, 0.25) is 0 Å². The van der Waals surface area contributed by atoms with Gasteiger partial charge in [-0.3, -0.25) is 0 Å². The Hall–Kier alpha value is -2.02. The first-order valence-electron chi connectivity index (χ1n) is 4.33. The molecule has 1 aromatic heterocycles. The highest BCUT2D eigenvalue weighted by molar-refractivity contribution is 5.89. The smallest absolute Gasteiger partial charge is 0.191 e. The highest BCUT2D eigenvalue weighted by Crippen LogP contribution is 2.24. The molecular weight excluding hydrogens is 178 g/mol. The van der Waals surface area contributed by atoms with E-state index in [0.29, 0.717) is 17.1 Å². The molecule has 0 amide bonds. The predicted octanol–water partition coefficient (Wildman–Crippen LogP) is 2.99. The lowest BCUT2D eigenvalue weighted by molar-refractivity contribution is 0.460. The highest BCUT2D eigenvalue weighted by Gasteiger charge is 2.04. The van der Waals surface area contributed by atoms with Gasteiger partial charge in [-0.05, 0) is 6.07 Å². The van der Waals surface area contributed by atoms with E-state index in [0.717, 1.165) is 5.39 Å². The molecule has 0 fully saturated rings. The fraction of sp³-hybridized carbons (Fsp3) is 0.200. The van der Waals surface area contributed by atoms with Crippen molar-refractivity contribution in [2.75, 3.05) is 5.73 Å². The molecule has 0 aliphatic carbocycles.